The SMILES string of the molecule is O=C1C2CCC(O2)C(=O)N1Cc1ncc[nH]1. The number of fused-ring (bicyclic) bond motifs is 2. The maximum absolute atomic E-state index is 11.9. The number of nitrogens with zero attached hydrogens (tertiary/aromatic N) is 2. The lowest BCUT2D eigenvalue weighted by molar-refractivity contribution is -0.169. The third-order valence-corrected chi connectivity index (χ3v) is 2.97. The first-order valence-corrected chi connectivity index (χ1v) is 5.24. The Morgan fingerprint density at radius 3 is 2.62 bits per heavy atom. The van der Waals surface area contributed by atoms with E-state index in [0.717, 1.165) is 0 Å². The van der Waals surface area contributed by atoms with E-state index in [4.69, 9.17) is 4.74 Å². The summed E-state index contributed by atoms with van der Waals surface area (Å²) in [5.41, 5.74) is 0. The number of imidazole rings is 1. The molecule has 0 spiro atoms. The highest BCUT2D eigenvalue weighted by Gasteiger charge is 2.46. The number of hydrogen-bond acceptors (Lipinski definition) is 4. The number of aromatic nitrogens is 2. The highest BCUT2D eigenvalue weighted by atomic mass is 16.5. The van der Waals surface area contributed by atoms with Crippen molar-refractivity contribution in [3.05, 3.63) is 18.2 Å². The minimum absolute atomic E-state index is 0.209. The Morgan fingerprint density at radius 2 is 2.06 bits per heavy atom. The first kappa shape index (κ1) is 9.53. The standard InChI is InChI=1S/C10H11N3O3/c14-9-6-1-2-7(16-6)10(15)13(9)5-8-11-3-4-12-8/h3-4,6-7H,1-2,5H2,(H,11,12). The zero-order chi connectivity index (χ0) is 11.1. The quantitative estimate of drug-likeness (QED) is 0.703. The maximum Gasteiger partial charge on any atom is 0.258 e. The predicted octanol–water partition coefficient (Wildman–Crippen LogP) is -0.174. The van der Waals surface area contributed by atoms with E-state index in [-0.39, 0.29) is 18.4 Å². The number of likely N-dealkylation sites (tertiary alicyclic amines) is 1. The molecule has 2 bridgehead atoms. The van der Waals surface area contributed by atoms with Crippen LogP contribution in [0.4, 0.5) is 0 Å². The lowest BCUT2D eigenvalue weighted by Crippen LogP contribution is -2.51. The van der Waals surface area contributed by atoms with Gasteiger partial charge in [0.2, 0.25) is 0 Å². The molecule has 2 atom stereocenters. The summed E-state index contributed by atoms with van der Waals surface area (Å²) in [7, 11) is 0. The van der Waals surface area contributed by atoms with Gasteiger partial charge in [0.25, 0.3) is 11.8 Å². The molecule has 0 saturated carbocycles. The Balaban J connectivity index is 1.83. The van der Waals surface area contributed by atoms with E-state index in [9.17, 15) is 9.59 Å². The molecule has 0 radical (unpaired) electrons. The van der Waals surface area contributed by atoms with E-state index < -0.39 is 12.2 Å². The van der Waals surface area contributed by atoms with E-state index in [1.54, 1.807) is 12.4 Å². The molecule has 0 aromatic carbocycles. The van der Waals surface area contributed by atoms with Crippen LogP contribution in [0.25, 0.3) is 0 Å². The number of H-pyrrole nitrogens is 1. The van der Waals surface area contributed by atoms with Crippen LogP contribution in [-0.4, -0.2) is 38.9 Å². The van der Waals surface area contributed by atoms with Crippen molar-refractivity contribution in [3.8, 4) is 0 Å². The van der Waals surface area contributed by atoms with Crippen molar-refractivity contribution in [2.45, 2.75) is 31.6 Å². The van der Waals surface area contributed by atoms with Crippen molar-refractivity contribution in [2.24, 2.45) is 0 Å². The van der Waals surface area contributed by atoms with E-state index in [2.05, 4.69) is 9.97 Å². The van der Waals surface area contributed by atoms with Gasteiger partial charge in [0.15, 0.2) is 0 Å². The van der Waals surface area contributed by atoms with Crippen molar-refractivity contribution in [2.75, 3.05) is 0 Å². The molecule has 16 heavy (non-hydrogen) atoms. The average molecular weight is 221 g/mol. The zero-order valence-electron chi connectivity index (χ0n) is 8.55. The summed E-state index contributed by atoms with van der Waals surface area (Å²) in [5, 5.41) is 0. The molecule has 3 heterocycles. The van der Waals surface area contributed by atoms with Gasteiger partial charge in [0, 0.05) is 12.4 Å². The molecule has 84 valence electrons. The van der Waals surface area contributed by atoms with Gasteiger partial charge in [-0.3, -0.25) is 14.5 Å². The monoisotopic (exact) mass is 221 g/mol. The molecule has 2 amide bonds. The molecule has 1 aromatic heterocycles. The summed E-state index contributed by atoms with van der Waals surface area (Å²) >= 11 is 0. The molecule has 2 fully saturated rings. The normalized spacial score (nSPS) is 28.9. The fourth-order valence-corrected chi connectivity index (χ4v) is 2.15. The van der Waals surface area contributed by atoms with Crippen LogP contribution >= 0.6 is 0 Å². The van der Waals surface area contributed by atoms with Crippen LogP contribution in [0.5, 0.6) is 0 Å². The Labute approximate surface area is 91.6 Å². The third-order valence-electron chi connectivity index (χ3n) is 2.97. The highest BCUT2D eigenvalue weighted by Crippen LogP contribution is 2.28. The summed E-state index contributed by atoms with van der Waals surface area (Å²) in [6, 6.07) is 0. The molecular weight excluding hydrogens is 210 g/mol. The number of amides is 2. The molecule has 2 unspecified atom stereocenters. The summed E-state index contributed by atoms with van der Waals surface area (Å²) in [6.07, 6.45) is 3.68. The molecule has 2 aliphatic heterocycles. The smallest absolute Gasteiger partial charge is 0.258 e. The lowest BCUT2D eigenvalue weighted by Gasteiger charge is -2.29. The van der Waals surface area contributed by atoms with Crippen molar-refractivity contribution in [3.63, 3.8) is 0 Å². The molecule has 0 aliphatic carbocycles. The van der Waals surface area contributed by atoms with Crippen LogP contribution < -0.4 is 0 Å². The molecule has 2 saturated heterocycles. The minimum Gasteiger partial charge on any atom is -0.355 e. The van der Waals surface area contributed by atoms with Crippen molar-refractivity contribution >= 4 is 11.8 Å². The number of ether oxygens (including phenoxy) is 1. The second kappa shape index (κ2) is 3.41. The Morgan fingerprint density at radius 1 is 1.38 bits per heavy atom. The van der Waals surface area contributed by atoms with Gasteiger partial charge in [0.1, 0.15) is 18.0 Å². The van der Waals surface area contributed by atoms with Crippen LogP contribution in [0, 0.1) is 0 Å². The Hall–Kier alpha value is -1.69. The molecule has 2 aliphatic rings. The van der Waals surface area contributed by atoms with Crippen LogP contribution in [0.1, 0.15) is 18.7 Å². The van der Waals surface area contributed by atoms with E-state index in [1.165, 1.54) is 4.90 Å². The fraction of sp³-hybridized carbons (Fsp3) is 0.500. The second-order valence-electron chi connectivity index (χ2n) is 3.99. The van der Waals surface area contributed by atoms with Crippen molar-refractivity contribution in [1.29, 1.82) is 0 Å². The molecule has 1 aromatic rings. The number of morpholine rings is 1. The van der Waals surface area contributed by atoms with E-state index in [1.807, 2.05) is 0 Å². The van der Waals surface area contributed by atoms with Gasteiger partial charge < -0.3 is 9.72 Å². The third kappa shape index (κ3) is 1.34. The highest BCUT2D eigenvalue weighted by molar-refractivity contribution is 6.02. The van der Waals surface area contributed by atoms with Gasteiger partial charge in [-0.25, -0.2) is 4.98 Å². The van der Waals surface area contributed by atoms with Gasteiger partial charge in [-0.05, 0) is 12.8 Å². The van der Waals surface area contributed by atoms with E-state index >= 15 is 0 Å². The average Bonchev–Trinajstić information content (AvgIpc) is 2.92. The Bertz CT molecular complexity index is 407. The van der Waals surface area contributed by atoms with Gasteiger partial charge >= 0.3 is 0 Å². The molecule has 1 N–H and O–H groups in total. The summed E-state index contributed by atoms with van der Waals surface area (Å²) < 4.78 is 5.30. The summed E-state index contributed by atoms with van der Waals surface area (Å²) in [5.74, 6) is 0.133. The van der Waals surface area contributed by atoms with Gasteiger partial charge in [0.05, 0.1) is 6.54 Å². The Kier molecular flexibility index (Phi) is 2.03. The van der Waals surface area contributed by atoms with Gasteiger partial charge in [-0.1, -0.05) is 0 Å². The number of carbonyl (C=O) groups excluding carboxylic acids is 2. The molecule has 6 heteroatoms. The predicted molar refractivity (Wildman–Crippen MR) is 52.0 cm³/mol. The van der Waals surface area contributed by atoms with Crippen LogP contribution in [0.15, 0.2) is 12.4 Å². The van der Waals surface area contributed by atoms with E-state index in [0.29, 0.717) is 18.7 Å². The number of carbonyl (C=O) groups is 2. The summed E-state index contributed by atoms with van der Waals surface area (Å²) in [6.45, 7) is 0.209. The molecule has 3 rings (SSSR count). The molecule has 6 nitrogen and oxygen atoms in total. The fourth-order valence-electron chi connectivity index (χ4n) is 2.15. The van der Waals surface area contributed by atoms with Crippen LogP contribution in [0.2, 0.25) is 0 Å². The van der Waals surface area contributed by atoms with Gasteiger partial charge in [-0.15, -0.1) is 0 Å². The molecular formula is C10H11N3O3. The number of nitrogens with one attached hydrogen (secondary N) is 1. The van der Waals surface area contributed by atoms with Crippen LogP contribution in [0.3, 0.4) is 0 Å². The van der Waals surface area contributed by atoms with Crippen molar-refractivity contribution in [1.82, 2.24) is 14.9 Å². The number of imide groups is 1. The van der Waals surface area contributed by atoms with Crippen molar-refractivity contribution < 1.29 is 14.3 Å². The second-order valence-corrected chi connectivity index (χ2v) is 3.99. The topological polar surface area (TPSA) is 75.3 Å². The number of rotatable bonds is 2. The lowest BCUT2D eigenvalue weighted by atomic mass is 10.2. The summed E-state index contributed by atoms with van der Waals surface area (Å²) in [4.78, 5) is 31.8. The number of hydrogen-bond donors (Lipinski definition) is 1. The zero-order valence-corrected chi connectivity index (χ0v) is 8.55. The number of aromatic amines is 1. The largest absolute Gasteiger partial charge is 0.355 e. The minimum atomic E-state index is -0.433. The maximum atomic E-state index is 11.9. The first-order valence-electron chi connectivity index (χ1n) is 5.24. The van der Waals surface area contributed by atoms with Crippen LogP contribution in [-0.2, 0) is 20.9 Å². The van der Waals surface area contributed by atoms with Gasteiger partial charge in [-0.2, -0.15) is 0 Å². The first-order chi connectivity index (χ1) is 7.75.